The molecule has 0 saturated carbocycles. The van der Waals surface area contributed by atoms with Gasteiger partial charge in [-0.1, -0.05) is 5.16 Å². The van der Waals surface area contributed by atoms with Crippen LogP contribution >= 0.6 is 0 Å². The van der Waals surface area contributed by atoms with Crippen LogP contribution in [-0.2, 0) is 20.7 Å². The molecule has 4 amide bonds. The number of hydrogen-bond donors (Lipinski definition) is 2. The van der Waals surface area contributed by atoms with Gasteiger partial charge in [0.25, 0.3) is 0 Å². The van der Waals surface area contributed by atoms with Gasteiger partial charge in [0.15, 0.2) is 11.2 Å². The van der Waals surface area contributed by atoms with Crippen molar-refractivity contribution in [3.63, 3.8) is 0 Å². The number of nitrogens with one attached hydrogen (secondary N) is 2. The third kappa shape index (κ3) is 2.94. The van der Waals surface area contributed by atoms with E-state index in [1.54, 1.807) is 24.1 Å². The molecule has 180 valence electrons. The summed E-state index contributed by atoms with van der Waals surface area (Å²) in [7, 11) is 0. The van der Waals surface area contributed by atoms with Crippen LogP contribution in [0.15, 0.2) is 28.9 Å². The van der Waals surface area contributed by atoms with Gasteiger partial charge in [0.1, 0.15) is 5.69 Å². The number of halogens is 1. The molecule has 10 nitrogen and oxygen atoms in total. The van der Waals surface area contributed by atoms with Crippen molar-refractivity contribution >= 4 is 34.5 Å². The van der Waals surface area contributed by atoms with Gasteiger partial charge in [-0.05, 0) is 44.5 Å². The number of imide groups is 2. The molecule has 6 rings (SSSR count). The van der Waals surface area contributed by atoms with E-state index in [1.165, 1.54) is 0 Å². The molecule has 3 aliphatic rings. The highest BCUT2D eigenvalue weighted by molar-refractivity contribution is 6.20. The molecule has 35 heavy (non-hydrogen) atoms. The summed E-state index contributed by atoms with van der Waals surface area (Å²) in [6, 6.07) is 3.62. The average Bonchev–Trinajstić information content (AvgIpc) is 3.21. The van der Waals surface area contributed by atoms with E-state index in [-0.39, 0.29) is 30.3 Å². The van der Waals surface area contributed by atoms with E-state index in [9.17, 15) is 14.4 Å². The molecule has 1 aromatic carbocycles. The maximum atomic E-state index is 16.1. The molecule has 1 spiro atoms. The van der Waals surface area contributed by atoms with Crippen LogP contribution in [0.3, 0.4) is 0 Å². The van der Waals surface area contributed by atoms with E-state index in [0.717, 1.165) is 5.69 Å². The number of morpholine rings is 1. The number of amides is 4. The maximum Gasteiger partial charge on any atom is 0.328 e. The number of aryl methyl sites for hydroxylation is 1. The Hall–Kier alpha value is -3.86. The second kappa shape index (κ2) is 7.32. The van der Waals surface area contributed by atoms with Crippen molar-refractivity contribution in [1.29, 1.82) is 0 Å². The van der Waals surface area contributed by atoms with Crippen LogP contribution in [0.1, 0.15) is 25.1 Å². The van der Waals surface area contributed by atoms with Crippen molar-refractivity contribution in [3.05, 3.63) is 41.5 Å². The molecular weight excluding hydrogens is 457 g/mol. The highest BCUT2D eigenvalue weighted by atomic mass is 19.1. The number of nitrogens with zero attached hydrogens (tertiary/aromatic N) is 3. The quantitative estimate of drug-likeness (QED) is 0.509. The first-order valence-electron chi connectivity index (χ1n) is 11.3. The SMILES string of the molecule is Cc1ccc(-c2noc3c(F)c4c(cc23)CC2(C(=O)NC(=O)NC2=O)[C@@H]2[C@@H](C)O[C@@H](C)CN42)cn1. The third-order valence-electron chi connectivity index (χ3n) is 7.15. The summed E-state index contributed by atoms with van der Waals surface area (Å²) in [5.74, 6) is -2.08. The largest absolute Gasteiger partial charge is 0.372 e. The number of pyridine rings is 1. The number of fused-ring (bicyclic) bond motifs is 5. The number of aromatic nitrogens is 2. The molecule has 0 bridgehead atoms. The molecule has 11 heteroatoms. The molecule has 3 atom stereocenters. The number of anilines is 1. The minimum absolute atomic E-state index is 0.0199. The molecule has 2 aromatic heterocycles. The summed E-state index contributed by atoms with van der Waals surface area (Å²) in [6.07, 6.45) is 0.607. The number of benzene rings is 1. The predicted molar refractivity (Wildman–Crippen MR) is 121 cm³/mol. The molecule has 3 aliphatic heterocycles. The van der Waals surface area contributed by atoms with Gasteiger partial charge < -0.3 is 14.2 Å². The third-order valence-corrected chi connectivity index (χ3v) is 7.15. The lowest BCUT2D eigenvalue weighted by Crippen LogP contribution is -2.75. The molecule has 3 aromatic rings. The Labute approximate surface area is 198 Å². The van der Waals surface area contributed by atoms with Crippen LogP contribution < -0.4 is 15.5 Å². The topological polar surface area (TPSA) is 127 Å². The fourth-order valence-corrected chi connectivity index (χ4v) is 5.76. The smallest absolute Gasteiger partial charge is 0.328 e. The van der Waals surface area contributed by atoms with E-state index in [0.29, 0.717) is 22.2 Å². The first-order valence-corrected chi connectivity index (χ1v) is 11.3. The number of barbiturate groups is 1. The van der Waals surface area contributed by atoms with Crippen LogP contribution in [0.5, 0.6) is 0 Å². The number of ether oxygens (including phenoxy) is 1. The molecular formula is C24H22FN5O5. The van der Waals surface area contributed by atoms with Crippen molar-refractivity contribution < 1.29 is 28.0 Å². The lowest BCUT2D eigenvalue weighted by Gasteiger charge is -2.55. The lowest BCUT2D eigenvalue weighted by molar-refractivity contribution is -0.153. The minimum atomic E-state index is -1.69. The van der Waals surface area contributed by atoms with Crippen molar-refractivity contribution in [2.75, 3.05) is 11.4 Å². The van der Waals surface area contributed by atoms with Crippen LogP contribution in [-0.4, -0.2) is 52.8 Å². The first kappa shape index (κ1) is 21.7. The zero-order valence-electron chi connectivity index (χ0n) is 19.2. The Morgan fingerprint density at radius 2 is 1.91 bits per heavy atom. The summed E-state index contributed by atoms with van der Waals surface area (Å²) < 4.78 is 27.5. The van der Waals surface area contributed by atoms with Gasteiger partial charge in [-0.25, -0.2) is 9.18 Å². The van der Waals surface area contributed by atoms with Crippen LogP contribution in [0.4, 0.5) is 14.9 Å². The van der Waals surface area contributed by atoms with Gasteiger partial charge in [0, 0.05) is 30.4 Å². The molecule has 0 radical (unpaired) electrons. The van der Waals surface area contributed by atoms with Crippen LogP contribution in [0, 0.1) is 18.2 Å². The Morgan fingerprint density at radius 1 is 1.17 bits per heavy atom. The Bertz CT molecular complexity index is 1400. The fraction of sp³-hybridized carbons (Fsp3) is 0.375. The Morgan fingerprint density at radius 3 is 2.60 bits per heavy atom. The van der Waals surface area contributed by atoms with Gasteiger partial charge >= 0.3 is 6.03 Å². The van der Waals surface area contributed by atoms with Gasteiger partial charge in [-0.2, -0.15) is 0 Å². The monoisotopic (exact) mass is 479 g/mol. The van der Waals surface area contributed by atoms with Crippen LogP contribution in [0.2, 0.25) is 0 Å². The second-order valence-electron chi connectivity index (χ2n) is 9.43. The second-order valence-corrected chi connectivity index (χ2v) is 9.43. The number of hydrogen-bond acceptors (Lipinski definition) is 8. The van der Waals surface area contributed by atoms with E-state index in [2.05, 4.69) is 20.8 Å². The van der Waals surface area contributed by atoms with E-state index >= 15 is 4.39 Å². The summed E-state index contributed by atoms with van der Waals surface area (Å²) in [4.78, 5) is 44.5. The highest BCUT2D eigenvalue weighted by Gasteiger charge is 2.63. The molecule has 5 heterocycles. The number of urea groups is 1. The zero-order valence-corrected chi connectivity index (χ0v) is 19.2. The maximum absolute atomic E-state index is 16.1. The molecule has 0 unspecified atom stereocenters. The molecule has 2 fully saturated rings. The molecule has 2 N–H and O–H groups in total. The van der Waals surface area contributed by atoms with Crippen molar-refractivity contribution in [2.24, 2.45) is 5.41 Å². The summed E-state index contributed by atoms with van der Waals surface area (Å²) in [5.41, 5.74) is 0.843. The van der Waals surface area contributed by atoms with Crippen LogP contribution in [0.25, 0.3) is 22.2 Å². The summed E-state index contributed by atoms with van der Waals surface area (Å²) in [6.45, 7) is 5.67. The summed E-state index contributed by atoms with van der Waals surface area (Å²) >= 11 is 0. The van der Waals surface area contributed by atoms with Crippen molar-refractivity contribution in [1.82, 2.24) is 20.8 Å². The van der Waals surface area contributed by atoms with Crippen molar-refractivity contribution in [3.8, 4) is 11.3 Å². The Kier molecular flexibility index (Phi) is 4.53. The standard InChI is InChI=1S/C24H22FN5O5/c1-10-4-5-13(8-26-10)17-15-6-14-7-24(21(31)27-23(33)28-22(24)32)20-12(3)34-11(2)9-30(20)18(14)16(25)19(15)35-29-17/h4-6,8,11-12,20H,7,9H2,1-3H3,(H2,27,28,31,32,33)/t11-,12+,20-/m0/s1. The van der Waals surface area contributed by atoms with Gasteiger partial charge in [-0.15, -0.1) is 0 Å². The number of carbonyl (C=O) groups excluding carboxylic acids is 3. The predicted octanol–water partition coefficient (Wildman–Crippen LogP) is 2.23. The zero-order chi connectivity index (χ0) is 24.6. The van der Waals surface area contributed by atoms with E-state index in [1.807, 2.05) is 26.0 Å². The molecule has 2 saturated heterocycles. The average molecular weight is 479 g/mol. The minimum Gasteiger partial charge on any atom is -0.372 e. The van der Waals surface area contributed by atoms with E-state index < -0.39 is 41.2 Å². The summed E-state index contributed by atoms with van der Waals surface area (Å²) in [5, 5.41) is 8.97. The number of carbonyl (C=O) groups is 3. The first-order chi connectivity index (χ1) is 16.7. The molecule has 0 aliphatic carbocycles. The number of rotatable bonds is 1. The van der Waals surface area contributed by atoms with Gasteiger partial charge in [0.05, 0.1) is 29.3 Å². The Balaban J connectivity index is 1.59. The normalized spacial score (nSPS) is 25.3. The van der Waals surface area contributed by atoms with Gasteiger partial charge in [-0.3, -0.25) is 25.2 Å². The lowest BCUT2D eigenvalue weighted by atomic mass is 9.66. The van der Waals surface area contributed by atoms with Gasteiger partial charge in [0.2, 0.25) is 17.4 Å². The van der Waals surface area contributed by atoms with Crippen molar-refractivity contribution in [2.45, 2.75) is 45.4 Å². The highest BCUT2D eigenvalue weighted by Crippen LogP contribution is 2.49. The fourth-order valence-electron chi connectivity index (χ4n) is 5.76. The van der Waals surface area contributed by atoms with E-state index in [4.69, 9.17) is 9.26 Å².